The third kappa shape index (κ3) is 2.90. The average molecular weight is 294 g/mol. The van der Waals surface area contributed by atoms with Gasteiger partial charge in [0.2, 0.25) is 5.91 Å². The zero-order valence-corrected chi connectivity index (χ0v) is 12.9. The second-order valence-electron chi connectivity index (χ2n) is 5.98. The van der Waals surface area contributed by atoms with Crippen LogP contribution in [0.5, 0.6) is 0 Å². The van der Waals surface area contributed by atoms with Crippen LogP contribution in [0.1, 0.15) is 41.6 Å². The maximum Gasteiger partial charge on any atom is 0.224 e. The summed E-state index contributed by atoms with van der Waals surface area (Å²) >= 11 is 0. The van der Waals surface area contributed by atoms with E-state index in [-0.39, 0.29) is 18.0 Å². The summed E-state index contributed by atoms with van der Waals surface area (Å²) in [6.07, 6.45) is 2.39. The van der Waals surface area contributed by atoms with Crippen LogP contribution in [-0.2, 0) is 11.2 Å². The van der Waals surface area contributed by atoms with Gasteiger partial charge in [-0.3, -0.25) is 4.79 Å². The molecule has 22 heavy (non-hydrogen) atoms. The predicted octanol–water partition coefficient (Wildman–Crippen LogP) is 3.22. The monoisotopic (exact) mass is 294 g/mol. The number of rotatable bonds is 4. The van der Waals surface area contributed by atoms with Gasteiger partial charge in [0.05, 0.1) is 6.04 Å². The van der Waals surface area contributed by atoms with Gasteiger partial charge in [-0.15, -0.1) is 0 Å². The van der Waals surface area contributed by atoms with Gasteiger partial charge in [0.1, 0.15) is 0 Å². The van der Waals surface area contributed by atoms with Crippen molar-refractivity contribution in [3.05, 3.63) is 71.3 Å². The number of nitrogens with two attached hydrogens (primary N) is 1. The highest BCUT2D eigenvalue weighted by Gasteiger charge is 2.28. The van der Waals surface area contributed by atoms with Crippen molar-refractivity contribution in [3.8, 4) is 0 Å². The van der Waals surface area contributed by atoms with E-state index in [1.165, 1.54) is 11.1 Å². The van der Waals surface area contributed by atoms with Crippen molar-refractivity contribution in [2.45, 2.75) is 31.3 Å². The van der Waals surface area contributed by atoms with Gasteiger partial charge >= 0.3 is 0 Å². The lowest BCUT2D eigenvalue weighted by Gasteiger charge is -2.27. The Bertz CT molecular complexity index is 653. The molecule has 1 aliphatic rings. The Morgan fingerprint density at radius 3 is 2.64 bits per heavy atom. The Balaban J connectivity index is 1.68. The number of amides is 1. The van der Waals surface area contributed by atoms with Gasteiger partial charge in [0, 0.05) is 19.5 Å². The minimum absolute atomic E-state index is 0.109. The summed E-state index contributed by atoms with van der Waals surface area (Å²) < 4.78 is 0. The number of hydrogen-bond donors (Lipinski definition) is 1. The molecular formula is C19H22N2O. The molecule has 0 spiro atoms. The Morgan fingerprint density at radius 1 is 1.18 bits per heavy atom. The van der Waals surface area contributed by atoms with Crippen LogP contribution >= 0.6 is 0 Å². The summed E-state index contributed by atoms with van der Waals surface area (Å²) in [6, 6.07) is 18.2. The largest absolute Gasteiger partial charge is 0.339 e. The molecule has 0 saturated heterocycles. The highest BCUT2D eigenvalue weighted by Crippen LogP contribution is 2.35. The molecule has 0 saturated carbocycles. The van der Waals surface area contributed by atoms with Crippen LogP contribution in [0.3, 0.4) is 0 Å². The second-order valence-corrected chi connectivity index (χ2v) is 5.98. The lowest BCUT2D eigenvalue weighted by molar-refractivity contribution is -0.132. The Hall–Kier alpha value is -2.13. The first kappa shape index (κ1) is 14.8. The number of carbonyl (C=O) groups is 1. The third-order valence-corrected chi connectivity index (χ3v) is 4.58. The molecule has 0 fully saturated rings. The van der Waals surface area contributed by atoms with Gasteiger partial charge in [-0.1, -0.05) is 54.6 Å². The molecule has 3 heteroatoms. The number of hydrogen-bond acceptors (Lipinski definition) is 2. The van der Waals surface area contributed by atoms with E-state index in [4.69, 9.17) is 5.73 Å². The topological polar surface area (TPSA) is 46.3 Å². The van der Waals surface area contributed by atoms with Crippen LogP contribution in [-0.4, -0.2) is 17.9 Å². The maximum atomic E-state index is 12.6. The van der Waals surface area contributed by atoms with Crippen molar-refractivity contribution >= 4 is 5.91 Å². The molecule has 0 aromatic heterocycles. The van der Waals surface area contributed by atoms with Gasteiger partial charge in [-0.25, -0.2) is 0 Å². The van der Waals surface area contributed by atoms with Gasteiger partial charge in [-0.05, 0) is 29.5 Å². The first-order valence-corrected chi connectivity index (χ1v) is 7.81. The summed E-state index contributed by atoms with van der Waals surface area (Å²) in [5.41, 5.74) is 9.83. The van der Waals surface area contributed by atoms with Crippen molar-refractivity contribution in [1.29, 1.82) is 0 Å². The third-order valence-electron chi connectivity index (χ3n) is 4.58. The highest BCUT2D eigenvalue weighted by molar-refractivity contribution is 5.77. The molecular weight excluding hydrogens is 272 g/mol. The minimum atomic E-state index is -0.243. The average Bonchev–Trinajstić information content (AvgIpc) is 2.99. The quantitative estimate of drug-likeness (QED) is 0.941. The molecule has 2 aromatic carbocycles. The molecule has 0 bridgehead atoms. The molecule has 2 unspecified atom stereocenters. The van der Waals surface area contributed by atoms with E-state index < -0.39 is 0 Å². The highest BCUT2D eigenvalue weighted by atomic mass is 16.2. The fraction of sp³-hybridized carbons (Fsp3) is 0.316. The van der Waals surface area contributed by atoms with E-state index in [0.29, 0.717) is 6.42 Å². The van der Waals surface area contributed by atoms with Crippen LogP contribution in [0.2, 0.25) is 0 Å². The lowest BCUT2D eigenvalue weighted by atomic mass is 10.0. The number of fused-ring (bicyclic) bond motifs is 1. The Labute approximate surface area is 131 Å². The summed E-state index contributed by atoms with van der Waals surface area (Å²) in [5, 5.41) is 0. The fourth-order valence-corrected chi connectivity index (χ4v) is 3.26. The van der Waals surface area contributed by atoms with Crippen molar-refractivity contribution < 1.29 is 4.79 Å². The van der Waals surface area contributed by atoms with Crippen molar-refractivity contribution in [2.75, 3.05) is 7.05 Å². The molecule has 2 atom stereocenters. The normalized spacial score (nSPS) is 17.8. The Morgan fingerprint density at radius 2 is 1.86 bits per heavy atom. The molecule has 1 amide bonds. The van der Waals surface area contributed by atoms with Gasteiger partial charge in [0.15, 0.2) is 0 Å². The smallest absolute Gasteiger partial charge is 0.224 e. The summed E-state index contributed by atoms with van der Waals surface area (Å²) in [4.78, 5) is 14.4. The minimum Gasteiger partial charge on any atom is -0.339 e. The SMILES string of the molecule is CN(C(=O)CC(N)c1ccccc1)C1CCc2ccccc21. The van der Waals surface area contributed by atoms with E-state index in [2.05, 4.69) is 18.2 Å². The zero-order valence-electron chi connectivity index (χ0n) is 12.9. The van der Waals surface area contributed by atoms with Gasteiger partial charge in [-0.2, -0.15) is 0 Å². The van der Waals surface area contributed by atoms with E-state index >= 15 is 0 Å². The summed E-state index contributed by atoms with van der Waals surface area (Å²) in [5.74, 6) is 0.109. The van der Waals surface area contributed by atoms with E-state index in [1.54, 1.807) is 0 Å². The molecule has 0 aliphatic heterocycles. The lowest BCUT2D eigenvalue weighted by Crippen LogP contribution is -2.32. The number of carbonyl (C=O) groups excluding carboxylic acids is 1. The first-order chi connectivity index (χ1) is 10.7. The van der Waals surface area contributed by atoms with E-state index in [0.717, 1.165) is 18.4 Å². The fourth-order valence-electron chi connectivity index (χ4n) is 3.26. The van der Waals surface area contributed by atoms with Crippen molar-refractivity contribution in [1.82, 2.24) is 4.90 Å². The van der Waals surface area contributed by atoms with Crippen molar-refractivity contribution in [3.63, 3.8) is 0 Å². The van der Waals surface area contributed by atoms with Crippen LogP contribution in [0, 0.1) is 0 Å². The molecule has 0 radical (unpaired) electrons. The molecule has 0 heterocycles. The van der Waals surface area contributed by atoms with Crippen LogP contribution in [0.4, 0.5) is 0 Å². The van der Waals surface area contributed by atoms with E-state index in [9.17, 15) is 4.79 Å². The van der Waals surface area contributed by atoms with Gasteiger partial charge in [0.25, 0.3) is 0 Å². The first-order valence-electron chi connectivity index (χ1n) is 7.81. The maximum absolute atomic E-state index is 12.6. The molecule has 3 rings (SSSR count). The second kappa shape index (κ2) is 6.32. The standard InChI is InChI=1S/C19H22N2O/c1-21(18-12-11-14-7-5-6-10-16(14)18)19(22)13-17(20)15-8-3-2-4-9-15/h2-10,17-18H,11-13,20H2,1H3. The number of nitrogens with zero attached hydrogens (tertiary/aromatic N) is 1. The van der Waals surface area contributed by atoms with Crippen LogP contribution in [0.25, 0.3) is 0 Å². The van der Waals surface area contributed by atoms with Gasteiger partial charge < -0.3 is 10.6 Å². The van der Waals surface area contributed by atoms with E-state index in [1.807, 2.05) is 48.3 Å². The predicted molar refractivity (Wildman–Crippen MR) is 88.3 cm³/mol. The summed E-state index contributed by atoms with van der Waals surface area (Å²) in [7, 11) is 1.90. The molecule has 2 aromatic rings. The Kier molecular flexibility index (Phi) is 4.25. The van der Waals surface area contributed by atoms with Crippen LogP contribution in [0.15, 0.2) is 54.6 Å². The zero-order chi connectivity index (χ0) is 15.5. The number of aryl methyl sites for hydroxylation is 1. The molecule has 2 N–H and O–H groups in total. The molecule has 3 nitrogen and oxygen atoms in total. The molecule has 1 aliphatic carbocycles. The van der Waals surface area contributed by atoms with Crippen LogP contribution < -0.4 is 5.73 Å². The van der Waals surface area contributed by atoms with Crippen molar-refractivity contribution in [2.24, 2.45) is 5.73 Å². The summed E-state index contributed by atoms with van der Waals surface area (Å²) in [6.45, 7) is 0. The number of benzene rings is 2. The molecule has 114 valence electrons.